The number of carbonyl (C=O) groups is 3. The molecular formula is C19H15N9O6S2. The van der Waals surface area contributed by atoms with Gasteiger partial charge in [0.15, 0.2) is 30.4 Å². The minimum absolute atomic E-state index is 0.0612. The average Bonchev–Trinajstić information content (AvgIpc) is 3.55. The monoisotopic (exact) mass is 529 g/mol. The summed E-state index contributed by atoms with van der Waals surface area (Å²) < 4.78 is 10.6. The highest BCUT2D eigenvalue weighted by atomic mass is 32.2. The third-order valence-corrected chi connectivity index (χ3v) is 7.25. The molecular weight excluding hydrogens is 514 g/mol. The molecule has 0 saturated carbocycles. The fourth-order valence-corrected chi connectivity index (χ4v) is 5.52. The van der Waals surface area contributed by atoms with Crippen LogP contribution in [0.5, 0.6) is 0 Å². The van der Waals surface area contributed by atoms with Crippen molar-refractivity contribution in [2.45, 2.75) is 18.0 Å². The molecule has 0 bridgehead atoms. The van der Waals surface area contributed by atoms with Crippen molar-refractivity contribution in [2.75, 3.05) is 11.5 Å². The van der Waals surface area contributed by atoms with Crippen molar-refractivity contribution in [3.63, 3.8) is 0 Å². The summed E-state index contributed by atoms with van der Waals surface area (Å²) >= 11 is 2.08. The van der Waals surface area contributed by atoms with Gasteiger partial charge in [0.05, 0.1) is 17.2 Å². The van der Waals surface area contributed by atoms with Gasteiger partial charge in [0.1, 0.15) is 11.4 Å². The molecule has 1 fully saturated rings. The van der Waals surface area contributed by atoms with Crippen LogP contribution < -0.4 is 20.7 Å². The lowest BCUT2D eigenvalue weighted by Crippen LogP contribution is -2.71. The highest BCUT2D eigenvalue weighted by molar-refractivity contribution is 8.00. The van der Waals surface area contributed by atoms with Crippen LogP contribution in [-0.2, 0) is 20.9 Å². The molecule has 0 aliphatic carbocycles. The predicted octanol–water partition coefficient (Wildman–Crippen LogP) is -2.26. The smallest absolute Gasteiger partial charge is 0.278 e. The fraction of sp³-hybridized carbons (Fsp3) is 0.211. The number of carboxylic acid groups (broad SMARTS) is 1. The number of anilines is 1. The summed E-state index contributed by atoms with van der Waals surface area (Å²) in [5.41, 5.74) is 5.88. The lowest BCUT2D eigenvalue weighted by Gasteiger charge is -2.50. The number of pyridine rings is 1. The van der Waals surface area contributed by atoms with Crippen LogP contribution in [0.15, 0.2) is 51.8 Å². The minimum atomic E-state index is -1.50. The van der Waals surface area contributed by atoms with Gasteiger partial charge in [-0.1, -0.05) is 10.3 Å². The number of aliphatic carboxylic acids is 1. The summed E-state index contributed by atoms with van der Waals surface area (Å²) in [5.74, 6) is -2.63. The second kappa shape index (κ2) is 9.34. The molecule has 3 aromatic rings. The number of thioether (sulfide) groups is 1. The second-order valence-corrected chi connectivity index (χ2v) is 9.40. The van der Waals surface area contributed by atoms with Crippen LogP contribution in [0.1, 0.15) is 5.82 Å². The van der Waals surface area contributed by atoms with Crippen LogP contribution in [0, 0.1) is 0 Å². The van der Waals surface area contributed by atoms with E-state index in [1.807, 2.05) is 0 Å². The number of rotatable bonds is 7. The number of amides is 2. The molecule has 5 rings (SSSR count). The number of aromatic nitrogens is 5. The Bertz CT molecular complexity index is 1400. The number of β-lactam (4-membered cyclic amide) rings is 1. The first-order chi connectivity index (χ1) is 17.4. The van der Waals surface area contributed by atoms with E-state index in [1.165, 1.54) is 18.1 Å². The van der Waals surface area contributed by atoms with Gasteiger partial charge in [-0.15, -0.1) is 11.8 Å². The third-order valence-electron chi connectivity index (χ3n) is 5.37. The topological polar surface area (TPSA) is 217 Å². The standard InChI is InChI=1S/C19H15N9O6S2/c20-19-24-13(26-36-19)10(25-33)14(29)23-11-16(30)28-12(18(31)32)9(6-35-17(11)28)5-27-3-1-8(2-4-27)15-21-7-22-34-15/h1-4,7,11,17H,5-6H2,(H4-,20,23,24,26,29,31,32,33)/t11-,17-/m1/s1. The normalized spacial score (nSPS) is 19.6. The van der Waals surface area contributed by atoms with Gasteiger partial charge in [0, 0.05) is 35.0 Å². The van der Waals surface area contributed by atoms with Gasteiger partial charge in [-0.3, -0.25) is 14.5 Å². The van der Waals surface area contributed by atoms with Crippen LogP contribution in [-0.4, -0.2) is 70.3 Å². The number of nitrogens with zero attached hydrogens (tertiary/aromatic N) is 7. The molecule has 0 unspecified atom stereocenters. The summed E-state index contributed by atoms with van der Waals surface area (Å²) in [6, 6.07) is 2.42. The van der Waals surface area contributed by atoms with Crippen molar-refractivity contribution in [1.29, 1.82) is 0 Å². The molecule has 1 saturated heterocycles. The van der Waals surface area contributed by atoms with Crippen molar-refractivity contribution in [2.24, 2.45) is 5.16 Å². The van der Waals surface area contributed by atoms with Crippen LogP contribution in [0.2, 0.25) is 0 Å². The first kappa shape index (κ1) is 23.4. The van der Waals surface area contributed by atoms with Gasteiger partial charge in [-0.05, 0) is 0 Å². The van der Waals surface area contributed by atoms with Crippen LogP contribution >= 0.6 is 23.3 Å². The molecule has 3 aromatic heterocycles. The van der Waals surface area contributed by atoms with Crippen molar-refractivity contribution in [1.82, 2.24) is 29.7 Å². The zero-order chi connectivity index (χ0) is 25.4. The third kappa shape index (κ3) is 4.13. The highest BCUT2D eigenvalue weighted by Crippen LogP contribution is 2.40. The number of oxime groups is 1. The van der Waals surface area contributed by atoms with Gasteiger partial charge in [-0.25, -0.2) is 4.57 Å². The molecule has 2 aliphatic heterocycles. The number of nitrogens with two attached hydrogens (primary N) is 1. The fourth-order valence-electron chi connectivity index (χ4n) is 3.75. The molecule has 36 heavy (non-hydrogen) atoms. The van der Waals surface area contributed by atoms with Crippen molar-refractivity contribution in [3.8, 4) is 11.5 Å². The molecule has 2 aliphatic rings. The van der Waals surface area contributed by atoms with Crippen LogP contribution in [0.4, 0.5) is 5.13 Å². The van der Waals surface area contributed by atoms with E-state index in [4.69, 9.17) is 10.3 Å². The molecule has 2 amide bonds. The van der Waals surface area contributed by atoms with E-state index in [0.717, 1.165) is 16.4 Å². The molecule has 184 valence electrons. The number of hydrogen-bond acceptors (Lipinski definition) is 14. The quantitative estimate of drug-likeness (QED) is 0.0971. The molecule has 5 heterocycles. The van der Waals surface area contributed by atoms with E-state index >= 15 is 0 Å². The van der Waals surface area contributed by atoms with Gasteiger partial charge in [0.25, 0.3) is 17.7 Å². The van der Waals surface area contributed by atoms with Crippen molar-refractivity contribution >= 4 is 51.9 Å². The number of carbonyl (C=O) groups excluding carboxylic acids is 3. The second-order valence-electron chi connectivity index (χ2n) is 7.51. The minimum Gasteiger partial charge on any atom is -0.543 e. The Morgan fingerprint density at radius 3 is 2.78 bits per heavy atom. The Morgan fingerprint density at radius 1 is 1.39 bits per heavy atom. The molecule has 2 atom stereocenters. The van der Waals surface area contributed by atoms with E-state index in [9.17, 15) is 24.7 Å². The molecule has 0 spiro atoms. The SMILES string of the molecule is Nc1nc(/C(=N/O)C(=O)N[C@@H]2C(=O)N3C(C(=O)[O-])=C(C[n+]4ccc(-c5ncno5)cc4)CS[C@H]23)ns1. The van der Waals surface area contributed by atoms with Crippen molar-refractivity contribution < 1.29 is 33.8 Å². The van der Waals surface area contributed by atoms with E-state index in [2.05, 4.69) is 30.0 Å². The predicted molar refractivity (Wildman–Crippen MR) is 120 cm³/mol. The summed E-state index contributed by atoms with van der Waals surface area (Å²) in [7, 11) is 0. The largest absolute Gasteiger partial charge is 0.543 e. The van der Waals surface area contributed by atoms with Gasteiger partial charge >= 0.3 is 0 Å². The number of fused-ring (bicyclic) bond motifs is 1. The van der Waals surface area contributed by atoms with E-state index in [1.54, 1.807) is 29.1 Å². The van der Waals surface area contributed by atoms with Gasteiger partial charge in [-0.2, -0.15) is 14.3 Å². The van der Waals surface area contributed by atoms with Crippen LogP contribution in [0.25, 0.3) is 11.5 Å². The number of nitrogens with one attached hydrogen (secondary N) is 1. The van der Waals surface area contributed by atoms with Crippen molar-refractivity contribution in [3.05, 3.63) is 47.9 Å². The van der Waals surface area contributed by atoms with Gasteiger partial charge in [0.2, 0.25) is 11.5 Å². The van der Waals surface area contributed by atoms with Crippen LogP contribution in [0.3, 0.4) is 0 Å². The van der Waals surface area contributed by atoms with E-state index in [0.29, 0.717) is 17.0 Å². The first-order valence-electron chi connectivity index (χ1n) is 10.1. The number of carboxylic acids is 1. The number of hydrogen-bond donors (Lipinski definition) is 3. The summed E-state index contributed by atoms with van der Waals surface area (Å²) in [6.07, 6.45) is 4.71. The summed E-state index contributed by atoms with van der Waals surface area (Å²) in [5, 5.41) is 29.5. The Hall–Kier alpha value is -4.38. The maximum Gasteiger partial charge on any atom is 0.278 e. The van der Waals surface area contributed by atoms with Gasteiger partial charge < -0.3 is 30.7 Å². The highest BCUT2D eigenvalue weighted by Gasteiger charge is 2.53. The molecule has 17 heteroatoms. The molecule has 0 aromatic carbocycles. The zero-order valence-corrected chi connectivity index (χ0v) is 19.6. The average molecular weight is 530 g/mol. The maximum absolute atomic E-state index is 12.9. The Balaban J connectivity index is 1.32. The Morgan fingerprint density at radius 2 is 2.17 bits per heavy atom. The summed E-state index contributed by atoms with van der Waals surface area (Å²) in [4.78, 5) is 46.3. The lowest BCUT2D eigenvalue weighted by atomic mass is 10.0. The first-order valence-corrected chi connectivity index (χ1v) is 12.0. The van der Waals surface area contributed by atoms with E-state index in [-0.39, 0.29) is 29.0 Å². The molecule has 0 radical (unpaired) electrons. The molecule has 4 N–H and O–H groups in total. The lowest BCUT2D eigenvalue weighted by molar-refractivity contribution is -0.689. The van der Waals surface area contributed by atoms with E-state index < -0.39 is 34.9 Å². The number of nitrogen functional groups attached to an aromatic ring is 1. The Labute approximate surface area is 209 Å². The Kier molecular flexibility index (Phi) is 6.06. The molecule has 15 nitrogen and oxygen atoms in total. The zero-order valence-electron chi connectivity index (χ0n) is 18.0. The summed E-state index contributed by atoms with van der Waals surface area (Å²) in [6.45, 7) is 0.187. The maximum atomic E-state index is 12.9.